The number of esters is 2. The summed E-state index contributed by atoms with van der Waals surface area (Å²) in [6.45, 7) is 15.0. The fourth-order valence-electron chi connectivity index (χ4n) is 2.61. The monoisotopic (exact) mass is 358 g/mol. The van der Waals surface area contributed by atoms with Crippen LogP contribution >= 0.6 is 0 Å². The van der Waals surface area contributed by atoms with Crippen LogP contribution in [0.4, 0.5) is 0 Å². The van der Waals surface area contributed by atoms with Crippen molar-refractivity contribution in [1.82, 2.24) is 0 Å². The molecule has 1 aliphatic rings. The molecule has 1 saturated carbocycles. The van der Waals surface area contributed by atoms with Crippen LogP contribution in [0.15, 0.2) is 60.1 Å². The van der Waals surface area contributed by atoms with Gasteiger partial charge in [-0.25, -0.2) is 0 Å². The smallest absolute Gasteiger partial charge is 0.314 e. The van der Waals surface area contributed by atoms with E-state index in [1.54, 1.807) is 25.2 Å². The van der Waals surface area contributed by atoms with Gasteiger partial charge >= 0.3 is 11.9 Å². The average Bonchev–Trinajstić information content (AvgIpc) is 2.58. The molecule has 0 bridgehead atoms. The van der Waals surface area contributed by atoms with Crippen molar-refractivity contribution in [3.8, 4) is 0 Å². The lowest BCUT2D eigenvalue weighted by Gasteiger charge is -2.25. The maximum Gasteiger partial charge on any atom is 0.314 e. The molecule has 0 saturated heterocycles. The summed E-state index contributed by atoms with van der Waals surface area (Å²) in [5.41, 5.74) is 1.99. The molecular weight excluding hydrogens is 328 g/mol. The molecule has 0 aromatic carbocycles. The van der Waals surface area contributed by atoms with Crippen LogP contribution in [0.1, 0.15) is 53.4 Å². The Balaban J connectivity index is 2.46. The minimum absolute atomic E-state index is 0.166. The zero-order chi connectivity index (χ0) is 19.7. The molecule has 1 aliphatic carbocycles. The fraction of sp³-hybridized carbons (Fsp3) is 0.455. The van der Waals surface area contributed by atoms with Crippen LogP contribution in [0.5, 0.6) is 0 Å². The van der Waals surface area contributed by atoms with Gasteiger partial charge in [-0.05, 0) is 65.5 Å². The Hall–Kier alpha value is -2.36. The van der Waals surface area contributed by atoms with E-state index in [-0.39, 0.29) is 23.8 Å². The summed E-state index contributed by atoms with van der Waals surface area (Å²) in [5.74, 6) is 0.0178. The Morgan fingerprint density at radius 2 is 1.31 bits per heavy atom. The van der Waals surface area contributed by atoms with Crippen LogP contribution in [-0.2, 0) is 19.1 Å². The van der Waals surface area contributed by atoms with Crippen LogP contribution in [0, 0.1) is 11.8 Å². The van der Waals surface area contributed by atoms with Crippen LogP contribution < -0.4 is 0 Å². The molecule has 0 aliphatic heterocycles. The minimum Gasteiger partial charge on any atom is -0.431 e. The first-order valence-corrected chi connectivity index (χ1v) is 8.96. The average molecular weight is 358 g/mol. The Labute approximate surface area is 156 Å². The number of carbonyl (C=O) groups is 2. The summed E-state index contributed by atoms with van der Waals surface area (Å²) >= 11 is 0. The molecule has 26 heavy (non-hydrogen) atoms. The van der Waals surface area contributed by atoms with Gasteiger partial charge < -0.3 is 9.47 Å². The van der Waals surface area contributed by atoms with Crippen molar-refractivity contribution in [2.24, 2.45) is 11.8 Å². The van der Waals surface area contributed by atoms with Crippen molar-refractivity contribution >= 4 is 11.9 Å². The van der Waals surface area contributed by atoms with Gasteiger partial charge in [0, 0.05) is 0 Å². The number of allylic oxidation sites excluding steroid dienone is 7. The first-order valence-electron chi connectivity index (χ1n) is 8.96. The largest absolute Gasteiger partial charge is 0.431 e. The molecule has 1 fully saturated rings. The summed E-state index contributed by atoms with van der Waals surface area (Å²) in [5, 5.41) is 0. The van der Waals surface area contributed by atoms with E-state index in [9.17, 15) is 9.59 Å². The van der Waals surface area contributed by atoms with E-state index in [4.69, 9.17) is 9.47 Å². The fourth-order valence-corrected chi connectivity index (χ4v) is 2.61. The van der Waals surface area contributed by atoms with Crippen molar-refractivity contribution in [3.63, 3.8) is 0 Å². The topological polar surface area (TPSA) is 52.6 Å². The van der Waals surface area contributed by atoms with E-state index in [0.717, 1.165) is 11.1 Å². The molecule has 0 heterocycles. The summed E-state index contributed by atoms with van der Waals surface area (Å²) in [6.07, 6.45) is 9.56. The van der Waals surface area contributed by atoms with Gasteiger partial charge in [-0.1, -0.05) is 36.5 Å². The molecule has 0 radical (unpaired) electrons. The third kappa shape index (κ3) is 8.15. The lowest BCUT2D eigenvalue weighted by molar-refractivity contribution is -0.150. The second kappa shape index (κ2) is 10.6. The predicted octanol–water partition coefficient (Wildman–Crippen LogP) is 5.40. The van der Waals surface area contributed by atoms with E-state index >= 15 is 0 Å². The van der Waals surface area contributed by atoms with Gasteiger partial charge in [-0.15, -0.1) is 0 Å². The second-order valence-corrected chi connectivity index (χ2v) is 7.06. The number of rotatable bonds is 7. The summed E-state index contributed by atoms with van der Waals surface area (Å²) < 4.78 is 10.6. The summed E-state index contributed by atoms with van der Waals surface area (Å²) in [4.78, 5) is 24.4. The SMILES string of the molecule is C=C(C)/C=C\C(=C)OC(=O)C1CCC(C(=O)O/C(C)=C/C=C(C)C)CC1. The van der Waals surface area contributed by atoms with Crippen molar-refractivity contribution in [3.05, 3.63) is 60.1 Å². The van der Waals surface area contributed by atoms with E-state index in [2.05, 4.69) is 13.2 Å². The maximum atomic E-state index is 12.2. The number of carbonyl (C=O) groups excluding carboxylic acids is 2. The Morgan fingerprint density at radius 3 is 1.77 bits per heavy atom. The van der Waals surface area contributed by atoms with Crippen LogP contribution in [-0.4, -0.2) is 11.9 Å². The van der Waals surface area contributed by atoms with Crippen LogP contribution in [0.25, 0.3) is 0 Å². The lowest BCUT2D eigenvalue weighted by Crippen LogP contribution is -2.27. The van der Waals surface area contributed by atoms with Gasteiger partial charge in [0.25, 0.3) is 0 Å². The van der Waals surface area contributed by atoms with Gasteiger partial charge in [0.15, 0.2) is 0 Å². The van der Waals surface area contributed by atoms with Gasteiger partial charge in [-0.3, -0.25) is 9.59 Å². The predicted molar refractivity (Wildman–Crippen MR) is 104 cm³/mol. The Bertz CT molecular complexity index is 637. The van der Waals surface area contributed by atoms with Gasteiger partial charge in [-0.2, -0.15) is 0 Å². The van der Waals surface area contributed by atoms with E-state index < -0.39 is 0 Å². The summed E-state index contributed by atoms with van der Waals surface area (Å²) in [7, 11) is 0. The Morgan fingerprint density at radius 1 is 0.808 bits per heavy atom. The zero-order valence-electron chi connectivity index (χ0n) is 16.3. The number of hydrogen-bond donors (Lipinski definition) is 0. The Kier molecular flexibility index (Phi) is 8.83. The highest BCUT2D eigenvalue weighted by Gasteiger charge is 2.32. The molecule has 0 spiro atoms. The molecule has 4 heteroatoms. The lowest BCUT2D eigenvalue weighted by atomic mass is 9.82. The van der Waals surface area contributed by atoms with Crippen LogP contribution in [0.3, 0.4) is 0 Å². The van der Waals surface area contributed by atoms with Gasteiger partial charge in [0.1, 0.15) is 11.5 Å². The second-order valence-electron chi connectivity index (χ2n) is 7.06. The molecule has 0 N–H and O–H groups in total. The van der Waals surface area contributed by atoms with E-state index in [0.29, 0.717) is 37.2 Å². The van der Waals surface area contributed by atoms with Gasteiger partial charge in [0.2, 0.25) is 0 Å². The number of ether oxygens (including phenoxy) is 2. The maximum absolute atomic E-state index is 12.2. The molecule has 1 rings (SSSR count). The highest BCUT2D eigenvalue weighted by Crippen LogP contribution is 2.31. The normalized spacial score (nSPS) is 20.4. The summed E-state index contributed by atoms with van der Waals surface area (Å²) in [6, 6.07) is 0. The quantitative estimate of drug-likeness (QED) is 0.347. The standard InChI is InChI=1S/C22H30O4/c1-15(2)7-9-17(5)25-21(23)19-11-13-20(14-12-19)22(24)26-18(6)10-8-16(3)4/h7-10,19-20H,1,5,11-14H2,2-4,6H3/b9-7-,18-10+. The molecule has 0 amide bonds. The molecule has 4 nitrogen and oxygen atoms in total. The third-order valence-corrected chi connectivity index (χ3v) is 4.09. The molecule has 0 unspecified atom stereocenters. The molecular formula is C22H30O4. The third-order valence-electron chi connectivity index (χ3n) is 4.09. The number of hydrogen-bond acceptors (Lipinski definition) is 4. The van der Waals surface area contributed by atoms with E-state index in [1.165, 1.54) is 0 Å². The van der Waals surface area contributed by atoms with Crippen molar-refractivity contribution in [2.45, 2.75) is 53.4 Å². The highest BCUT2D eigenvalue weighted by molar-refractivity contribution is 5.76. The van der Waals surface area contributed by atoms with E-state index in [1.807, 2.05) is 26.8 Å². The van der Waals surface area contributed by atoms with Crippen molar-refractivity contribution < 1.29 is 19.1 Å². The van der Waals surface area contributed by atoms with Crippen molar-refractivity contribution in [1.29, 1.82) is 0 Å². The van der Waals surface area contributed by atoms with Crippen molar-refractivity contribution in [2.75, 3.05) is 0 Å². The first kappa shape index (κ1) is 21.7. The molecule has 0 atom stereocenters. The molecule has 0 aromatic rings. The first-order chi connectivity index (χ1) is 12.2. The molecule has 0 aromatic heterocycles. The minimum atomic E-state index is -0.284. The van der Waals surface area contributed by atoms with Gasteiger partial charge in [0.05, 0.1) is 11.8 Å². The van der Waals surface area contributed by atoms with Crippen LogP contribution in [0.2, 0.25) is 0 Å². The zero-order valence-corrected chi connectivity index (χ0v) is 16.3. The highest BCUT2D eigenvalue weighted by atomic mass is 16.5. The molecule has 142 valence electrons.